The van der Waals surface area contributed by atoms with E-state index in [9.17, 15) is 23.1 Å². The van der Waals surface area contributed by atoms with E-state index in [1.54, 1.807) is 23.5 Å². The molecule has 2 aliphatic rings. The van der Waals surface area contributed by atoms with E-state index in [0.29, 0.717) is 23.8 Å². The van der Waals surface area contributed by atoms with Crippen molar-refractivity contribution in [2.24, 2.45) is 11.8 Å². The SMILES string of the molecule is CC(C)[C@H](C(=O)O)N(C)C1CC(CN2CCC(c3cnc(Cc4ccc(F)cc4F)s3)CC2)C(c2cccc(F)c2)C1.Cl.Cl.Cl. The minimum absolute atomic E-state index is 0. The molecule has 1 aliphatic carbocycles. The molecule has 3 unspecified atom stereocenters. The van der Waals surface area contributed by atoms with Crippen molar-refractivity contribution in [1.82, 2.24) is 14.8 Å². The highest BCUT2D eigenvalue weighted by atomic mass is 35.5. The maximum atomic E-state index is 14.2. The van der Waals surface area contributed by atoms with Crippen molar-refractivity contribution in [2.75, 3.05) is 26.7 Å². The number of carboxylic acids is 1. The molecule has 12 heteroatoms. The van der Waals surface area contributed by atoms with Gasteiger partial charge in [-0.1, -0.05) is 32.0 Å². The molecule has 3 aromatic rings. The molecule has 4 atom stereocenters. The number of nitrogens with zero attached hydrogens (tertiary/aromatic N) is 3. The Kier molecular flexibility index (Phi) is 15.1. The zero-order valence-corrected chi connectivity index (χ0v) is 29.0. The van der Waals surface area contributed by atoms with E-state index < -0.39 is 23.6 Å². The summed E-state index contributed by atoms with van der Waals surface area (Å²) in [7, 11) is 1.92. The Morgan fingerprint density at radius 2 is 1.73 bits per heavy atom. The second-order valence-electron chi connectivity index (χ2n) is 12.4. The molecule has 1 N–H and O–H groups in total. The van der Waals surface area contributed by atoms with Crippen LogP contribution in [0.4, 0.5) is 13.2 Å². The van der Waals surface area contributed by atoms with Gasteiger partial charge in [-0.2, -0.15) is 0 Å². The maximum Gasteiger partial charge on any atom is 0.321 e. The summed E-state index contributed by atoms with van der Waals surface area (Å²) in [6, 6.07) is 10.1. The van der Waals surface area contributed by atoms with Crippen molar-refractivity contribution in [3.8, 4) is 0 Å². The van der Waals surface area contributed by atoms with Gasteiger partial charge in [0.2, 0.25) is 0 Å². The molecular formula is C33H43Cl3F3N3O2S. The second-order valence-corrected chi connectivity index (χ2v) is 13.5. The predicted octanol–water partition coefficient (Wildman–Crippen LogP) is 8.20. The third-order valence-corrected chi connectivity index (χ3v) is 10.4. The number of likely N-dealkylation sites (N-methyl/N-ethyl adjacent to an activating group) is 1. The molecule has 1 aromatic heterocycles. The fourth-order valence-corrected chi connectivity index (χ4v) is 8.20. The molecule has 0 bridgehead atoms. The lowest BCUT2D eigenvalue weighted by Crippen LogP contribution is -2.47. The average molecular weight is 709 g/mol. The van der Waals surface area contributed by atoms with Crippen LogP contribution in [0.5, 0.6) is 0 Å². The van der Waals surface area contributed by atoms with Gasteiger partial charge in [-0.3, -0.25) is 9.69 Å². The third-order valence-electron chi connectivity index (χ3n) is 9.26. The lowest BCUT2D eigenvalue weighted by Gasteiger charge is -2.35. The number of halogens is 6. The zero-order chi connectivity index (χ0) is 30.0. The Labute approximate surface area is 286 Å². The van der Waals surface area contributed by atoms with Crippen LogP contribution in [-0.2, 0) is 11.2 Å². The molecule has 0 spiro atoms. The van der Waals surface area contributed by atoms with Gasteiger partial charge in [0.25, 0.3) is 0 Å². The molecule has 1 saturated heterocycles. The number of thiazole rings is 1. The lowest BCUT2D eigenvalue weighted by atomic mass is 9.87. The highest BCUT2D eigenvalue weighted by Crippen LogP contribution is 2.44. The number of carbonyl (C=O) groups is 1. The number of hydrogen-bond acceptors (Lipinski definition) is 5. The summed E-state index contributed by atoms with van der Waals surface area (Å²) in [5.74, 6) is -1.30. The first kappa shape index (κ1) is 39.3. The van der Waals surface area contributed by atoms with E-state index in [4.69, 9.17) is 0 Å². The van der Waals surface area contributed by atoms with E-state index in [-0.39, 0.29) is 60.9 Å². The van der Waals surface area contributed by atoms with E-state index >= 15 is 0 Å². The molecule has 2 heterocycles. The minimum atomic E-state index is -0.797. The molecule has 5 rings (SSSR count). The summed E-state index contributed by atoms with van der Waals surface area (Å²) in [4.78, 5) is 22.3. The summed E-state index contributed by atoms with van der Waals surface area (Å²) in [6.45, 7) is 6.68. The zero-order valence-electron chi connectivity index (χ0n) is 25.7. The summed E-state index contributed by atoms with van der Waals surface area (Å²) >= 11 is 1.61. The van der Waals surface area contributed by atoms with Crippen molar-refractivity contribution < 1.29 is 23.1 Å². The topological polar surface area (TPSA) is 56.7 Å². The highest BCUT2D eigenvalue weighted by Gasteiger charge is 2.41. The van der Waals surface area contributed by atoms with Crippen LogP contribution in [0.15, 0.2) is 48.7 Å². The van der Waals surface area contributed by atoms with Crippen LogP contribution in [0.3, 0.4) is 0 Å². The maximum absolute atomic E-state index is 14.2. The Bertz CT molecular complexity index is 1390. The minimum Gasteiger partial charge on any atom is -0.480 e. The average Bonchev–Trinajstić information content (AvgIpc) is 3.58. The van der Waals surface area contributed by atoms with E-state index in [0.717, 1.165) is 62.0 Å². The monoisotopic (exact) mass is 707 g/mol. The third kappa shape index (κ3) is 9.58. The lowest BCUT2D eigenvalue weighted by molar-refractivity contribution is -0.145. The van der Waals surface area contributed by atoms with Crippen molar-refractivity contribution in [1.29, 1.82) is 0 Å². The van der Waals surface area contributed by atoms with Gasteiger partial charge in [0.15, 0.2) is 0 Å². The second kappa shape index (κ2) is 17.3. The van der Waals surface area contributed by atoms with Gasteiger partial charge in [0.05, 0.1) is 5.01 Å². The number of aromatic nitrogens is 1. The van der Waals surface area contributed by atoms with Gasteiger partial charge in [-0.05, 0) is 98.8 Å². The number of piperidine rings is 1. The summed E-state index contributed by atoms with van der Waals surface area (Å²) in [5.41, 5.74) is 1.44. The van der Waals surface area contributed by atoms with Crippen molar-refractivity contribution in [2.45, 2.75) is 69.9 Å². The highest BCUT2D eigenvalue weighted by molar-refractivity contribution is 7.11. The normalized spacial score (nSPS) is 21.2. The predicted molar refractivity (Wildman–Crippen MR) is 181 cm³/mol. The number of benzene rings is 2. The number of aliphatic carboxylic acids is 1. The quantitative estimate of drug-likeness (QED) is 0.230. The van der Waals surface area contributed by atoms with Crippen LogP contribution >= 0.6 is 48.6 Å². The fraction of sp³-hybridized carbons (Fsp3) is 0.515. The fourth-order valence-electron chi connectivity index (χ4n) is 7.09. The Morgan fingerprint density at radius 3 is 2.36 bits per heavy atom. The molecule has 45 heavy (non-hydrogen) atoms. The number of rotatable bonds is 10. The summed E-state index contributed by atoms with van der Waals surface area (Å²) in [6.07, 6.45) is 5.96. The molecule has 2 aromatic carbocycles. The number of carboxylic acid groups (broad SMARTS) is 1. The van der Waals surface area contributed by atoms with Gasteiger partial charge in [0, 0.05) is 36.1 Å². The van der Waals surface area contributed by atoms with Crippen LogP contribution in [-0.4, -0.2) is 64.6 Å². The van der Waals surface area contributed by atoms with Crippen LogP contribution in [0.25, 0.3) is 0 Å². The first-order valence-corrected chi connectivity index (χ1v) is 15.7. The molecule has 5 nitrogen and oxygen atoms in total. The molecular weight excluding hydrogens is 666 g/mol. The van der Waals surface area contributed by atoms with Crippen LogP contribution in [0, 0.1) is 29.3 Å². The molecule has 250 valence electrons. The molecule has 0 radical (unpaired) electrons. The van der Waals surface area contributed by atoms with Gasteiger partial charge < -0.3 is 10.0 Å². The van der Waals surface area contributed by atoms with Crippen LogP contribution in [0.1, 0.15) is 72.4 Å². The smallest absolute Gasteiger partial charge is 0.321 e. The van der Waals surface area contributed by atoms with Gasteiger partial charge in [-0.15, -0.1) is 48.6 Å². The van der Waals surface area contributed by atoms with E-state index in [1.165, 1.54) is 23.1 Å². The molecule has 2 fully saturated rings. The van der Waals surface area contributed by atoms with Gasteiger partial charge in [0.1, 0.15) is 23.5 Å². The first-order chi connectivity index (χ1) is 20.1. The Balaban J connectivity index is 0.00000235. The molecule has 1 saturated carbocycles. The molecule has 1 aliphatic heterocycles. The largest absolute Gasteiger partial charge is 0.480 e. The number of likely N-dealkylation sites (tertiary alicyclic amines) is 1. The van der Waals surface area contributed by atoms with Crippen molar-refractivity contribution in [3.63, 3.8) is 0 Å². The Morgan fingerprint density at radius 1 is 1.04 bits per heavy atom. The summed E-state index contributed by atoms with van der Waals surface area (Å²) in [5, 5.41) is 10.7. The van der Waals surface area contributed by atoms with Crippen molar-refractivity contribution in [3.05, 3.63) is 87.1 Å². The Hall–Kier alpha value is -1.88. The van der Waals surface area contributed by atoms with E-state index in [2.05, 4.69) is 9.88 Å². The van der Waals surface area contributed by atoms with Crippen LogP contribution in [0.2, 0.25) is 0 Å². The first-order valence-electron chi connectivity index (χ1n) is 14.9. The summed E-state index contributed by atoms with van der Waals surface area (Å²) < 4.78 is 41.6. The van der Waals surface area contributed by atoms with Crippen LogP contribution < -0.4 is 0 Å². The number of hydrogen-bond donors (Lipinski definition) is 1. The van der Waals surface area contributed by atoms with Gasteiger partial charge in [-0.25, -0.2) is 18.2 Å². The standard InChI is InChI=1S/C33H40F3N3O2S.3ClH/c1-20(2)32(33(40)41)38(3)27-14-24(28(17-27)22-5-4-6-25(34)13-22)19-39-11-9-21(10-12-39)30-18-37-31(42-30)15-23-7-8-26(35)16-29(23)36;;;/h4-8,13,16,18,20-21,24,27-28,32H,9-12,14-15,17,19H2,1-3H3,(H,40,41);3*1H/t24?,27?,28?,32-;;;/m1.../s1. The van der Waals surface area contributed by atoms with E-state index in [1.807, 2.05) is 38.1 Å². The molecule has 0 amide bonds. The van der Waals surface area contributed by atoms with Gasteiger partial charge >= 0.3 is 5.97 Å². The van der Waals surface area contributed by atoms with Crippen molar-refractivity contribution >= 4 is 54.5 Å².